The molecule has 0 fully saturated rings. The van der Waals surface area contributed by atoms with Crippen LogP contribution in [0.25, 0.3) is 10.8 Å². The first-order chi connectivity index (χ1) is 8.62. The number of hydrogen-bond donors (Lipinski definition) is 0. The predicted octanol–water partition coefficient (Wildman–Crippen LogP) is 2.15. The SMILES string of the molecule is Cn1ccnc1.Cn1ccnc1.[N-]=C=S.[N-]=C=S.[Zn+2]. The number of aromatic nitrogens is 4. The molecular formula is C10H12N6S2Zn. The van der Waals surface area contributed by atoms with Crippen LogP contribution in [-0.2, 0) is 33.6 Å². The third kappa shape index (κ3) is 22.3. The van der Waals surface area contributed by atoms with E-state index in [1.165, 1.54) is 10.3 Å². The maximum atomic E-state index is 7.13. The van der Waals surface area contributed by atoms with Crippen LogP contribution in [0.15, 0.2) is 37.4 Å². The number of nitrogens with zero attached hydrogens (tertiary/aromatic N) is 6. The van der Waals surface area contributed by atoms with E-state index in [9.17, 15) is 0 Å². The summed E-state index contributed by atoms with van der Waals surface area (Å²) in [4.78, 5) is 7.57. The summed E-state index contributed by atoms with van der Waals surface area (Å²) in [5.74, 6) is 0. The van der Waals surface area contributed by atoms with Gasteiger partial charge < -0.3 is 20.0 Å². The van der Waals surface area contributed by atoms with E-state index < -0.39 is 0 Å². The summed E-state index contributed by atoms with van der Waals surface area (Å²) in [7, 11) is 3.88. The molecule has 9 heteroatoms. The van der Waals surface area contributed by atoms with Crippen LogP contribution in [0.1, 0.15) is 0 Å². The van der Waals surface area contributed by atoms with Gasteiger partial charge in [0.25, 0.3) is 0 Å². The van der Waals surface area contributed by atoms with Crippen molar-refractivity contribution in [2.45, 2.75) is 0 Å². The van der Waals surface area contributed by atoms with Gasteiger partial charge in [-0.25, -0.2) is 9.97 Å². The minimum atomic E-state index is 0. The van der Waals surface area contributed by atoms with Gasteiger partial charge in [0.2, 0.25) is 0 Å². The largest absolute Gasteiger partial charge is 2.00 e. The Kier molecular flexibility index (Phi) is 22.8. The number of aryl methyl sites for hydroxylation is 2. The van der Waals surface area contributed by atoms with Crippen LogP contribution in [0.5, 0.6) is 0 Å². The van der Waals surface area contributed by atoms with Gasteiger partial charge in [-0.15, -0.1) is 0 Å². The summed E-state index contributed by atoms with van der Waals surface area (Å²) in [6.45, 7) is 0. The van der Waals surface area contributed by atoms with Crippen molar-refractivity contribution in [2.75, 3.05) is 0 Å². The summed E-state index contributed by atoms with van der Waals surface area (Å²) >= 11 is 7.40. The minimum Gasteiger partial charge on any atom is -0.753 e. The van der Waals surface area contributed by atoms with Crippen LogP contribution in [0, 0.1) is 0 Å². The molecule has 0 unspecified atom stereocenters. The first-order valence-electron chi connectivity index (χ1n) is 4.48. The monoisotopic (exact) mass is 344 g/mol. The van der Waals surface area contributed by atoms with E-state index in [0.717, 1.165) is 0 Å². The van der Waals surface area contributed by atoms with Gasteiger partial charge in [-0.1, -0.05) is 24.4 Å². The molecule has 0 bridgehead atoms. The number of imidazole rings is 2. The Balaban J connectivity index is -0.000000188. The van der Waals surface area contributed by atoms with Crippen molar-refractivity contribution in [3.63, 3.8) is 0 Å². The van der Waals surface area contributed by atoms with Gasteiger partial charge in [0.15, 0.2) is 0 Å². The van der Waals surface area contributed by atoms with E-state index in [2.05, 4.69) is 34.4 Å². The van der Waals surface area contributed by atoms with E-state index in [1.807, 2.05) is 35.6 Å². The average Bonchev–Trinajstić information content (AvgIpc) is 2.95. The zero-order chi connectivity index (χ0) is 14.2. The van der Waals surface area contributed by atoms with Crippen molar-refractivity contribution in [2.24, 2.45) is 14.1 Å². The molecule has 0 aliphatic carbocycles. The van der Waals surface area contributed by atoms with Crippen molar-refractivity contribution in [1.82, 2.24) is 19.1 Å². The number of hydrogen-bond acceptors (Lipinski definition) is 4. The maximum absolute atomic E-state index is 7.13. The first kappa shape index (κ1) is 22.8. The van der Waals surface area contributed by atoms with Crippen molar-refractivity contribution in [1.29, 1.82) is 0 Å². The molecule has 0 N–H and O–H groups in total. The van der Waals surface area contributed by atoms with Crippen LogP contribution in [0.3, 0.4) is 0 Å². The fraction of sp³-hybridized carbons (Fsp3) is 0.200. The van der Waals surface area contributed by atoms with E-state index >= 15 is 0 Å². The second-order valence-electron chi connectivity index (χ2n) is 2.64. The van der Waals surface area contributed by atoms with Gasteiger partial charge in [0, 0.05) is 38.9 Å². The summed E-state index contributed by atoms with van der Waals surface area (Å²) in [6.07, 6.45) is 10.8. The molecule has 0 aromatic carbocycles. The Morgan fingerprint density at radius 3 is 1.21 bits per heavy atom. The molecule has 0 saturated heterocycles. The topological polar surface area (TPSA) is 80.2 Å². The minimum absolute atomic E-state index is 0. The Labute approximate surface area is 135 Å². The molecule has 2 aromatic heterocycles. The molecule has 0 aliphatic heterocycles. The van der Waals surface area contributed by atoms with E-state index in [0.29, 0.717) is 0 Å². The molecule has 19 heavy (non-hydrogen) atoms. The molecule has 0 spiro atoms. The molecule has 96 valence electrons. The van der Waals surface area contributed by atoms with Crippen molar-refractivity contribution < 1.29 is 19.5 Å². The number of thiocarbonyl (C=S) groups is 2. The van der Waals surface area contributed by atoms with Crippen LogP contribution in [0.4, 0.5) is 0 Å². The van der Waals surface area contributed by atoms with Crippen LogP contribution >= 0.6 is 24.4 Å². The Morgan fingerprint density at radius 2 is 1.16 bits per heavy atom. The Morgan fingerprint density at radius 1 is 0.895 bits per heavy atom. The van der Waals surface area contributed by atoms with Gasteiger partial charge in [-0.05, 0) is 0 Å². The second kappa shape index (κ2) is 19.0. The summed E-state index contributed by atoms with van der Waals surface area (Å²) in [5, 5.41) is 16.9. The van der Waals surface area contributed by atoms with Crippen LogP contribution < -0.4 is 0 Å². The molecule has 6 nitrogen and oxygen atoms in total. The van der Waals surface area contributed by atoms with Gasteiger partial charge in [0.05, 0.1) is 12.7 Å². The predicted molar refractivity (Wildman–Crippen MR) is 78.3 cm³/mol. The zero-order valence-electron chi connectivity index (χ0n) is 10.7. The summed E-state index contributed by atoms with van der Waals surface area (Å²) < 4.78 is 3.78. The zero-order valence-corrected chi connectivity index (χ0v) is 15.3. The molecule has 2 aromatic rings. The molecule has 0 radical (unpaired) electrons. The maximum Gasteiger partial charge on any atom is 2.00 e. The quantitative estimate of drug-likeness (QED) is 0.416. The van der Waals surface area contributed by atoms with E-state index in [1.54, 1.807) is 25.0 Å². The van der Waals surface area contributed by atoms with Gasteiger partial charge in [-0.3, -0.25) is 0 Å². The number of isothiocyanates is 2. The Hall–Kier alpha value is -1.36. The molecule has 0 atom stereocenters. The summed E-state index contributed by atoms with van der Waals surface area (Å²) in [6, 6.07) is 0. The fourth-order valence-electron chi connectivity index (χ4n) is 0.652. The third-order valence-corrected chi connectivity index (χ3v) is 1.27. The normalized spacial score (nSPS) is 6.42. The van der Waals surface area contributed by atoms with E-state index in [4.69, 9.17) is 10.8 Å². The van der Waals surface area contributed by atoms with Gasteiger partial charge >= 0.3 is 19.5 Å². The molecular weight excluding hydrogens is 334 g/mol. The molecule has 2 rings (SSSR count). The smallest absolute Gasteiger partial charge is 0.753 e. The van der Waals surface area contributed by atoms with Gasteiger partial charge in [0.1, 0.15) is 0 Å². The van der Waals surface area contributed by atoms with Gasteiger partial charge in [-0.2, -0.15) is 10.3 Å². The Bertz CT molecular complexity index is 398. The van der Waals surface area contributed by atoms with E-state index in [-0.39, 0.29) is 19.5 Å². The number of rotatable bonds is 0. The van der Waals surface area contributed by atoms with Crippen molar-refractivity contribution >= 4 is 34.8 Å². The first-order valence-corrected chi connectivity index (χ1v) is 5.30. The van der Waals surface area contributed by atoms with Crippen molar-refractivity contribution in [3.8, 4) is 0 Å². The fourth-order valence-corrected chi connectivity index (χ4v) is 0.652. The second-order valence-corrected chi connectivity index (χ2v) is 3.00. The molecule has 0 aliphatic rings. The van der Waals surface area contributed by atoms with Crippen LogP contribution in [-0.4, -0.2) is 29.4 Å². The average molecular weight is 346 g/mol. The van der Waals surface area contributed by atoms with Crippen LogP contribution in [0.2, 0.25) is 0 Å². The molecule has 0 amide bonds. The molecule has 0 saturated carbocycles. The summed E-state index contributed by atoms with van der Waals surface area (Å²) in [5.41, 5.74) is 0. The molecule has 2 heterocycles. The standard InChI is InChI=1S/2C4H6N2.2CNS.Zn/c2*1-6-3-2-5-4-6;2*2-1-3;/h2*2-4H,1H3;;;/q;;2*-1;+2. The third-order valence-electron chi connectivity index (χ3n) is 1.27. The van der Waals surface area contributed by atoms with Crippen molar-refractivity contribution in [3.05, 3.63) is 48.3 Å².